The van der Waals surface area contributed by atoms with E-state index >= 15 is 0 Å². The zero-order valence-electron chi connectivity index (χ0n) is 19.8. The molecule has 0 unspecified atom stereocenters. The van der Waals surface area contributed by atoms with Gasteiger partial charge in [-0.2, -0.15) is 0 Å². The van der Waals surface area contributed by atoms with E-state index in [-0.39, 0.29) is 29.7 Å². The monoisotopic (exact) mass is 454 g/mol. The third kappa shape index (κ3) is 4.71. The van der Waals surface area contributed by atoms with Crippen molar-refractivity contribution in [1.29, 1.82) is 5.41 Å². The van der Waals surface area contributed by atoms with E-state index in [1.807, 2.05) is 106 Å². The number of carbonyl (C=O) groups excluding carboxylic acids is 2. The second-order valence-corrected chi connectivity index (χ2v) is 9.83. The SMILES string of the molecule is CC(C)(C)CC(=O)Nc1ccc(CN2C(=N)NC(c3ccccc3)(c3ccccc3)C2=O)cc1. The molecular formula is C28H30N4O2. The van der Waals surface area contributed by atoms with E-state index in [4.69, 9.17) is 5.41 Å². The Hall–Kier alpha value is -3.93. The van der Waals surface area contributed by atoms with Gasteiger partial charge in [0, 0.05) is 12.1 Å². The summed E-state index contributed by atoms with van der Waals surface area (Å²) in [5.41, 5.74) is 1.91. The van der Waals surface area contributed by atoms with Crippen LogP contribution in [0.25, 0.3) is 0 Å². The first kappa shape index (κ1) is 23.2. The van der Waals surface area contributed by atoms with Crippen molar-refractivity contribution in [2.24, 2.45) is 5.41 Å². The number of rotatable bonds is 6. The van der Waals surface area contributed by atoms with E-state index < -0.39 is 5.54 Å². The molecular weight excluding hydrogens is 424 g/mol. The highest BCUT2D eigenvalue weighted by atomic mass is 16.2. The van der Waals surface area contributed by atoms with Crippen LogP contribution in [0, 0.1) is 10.8 Å². The Labute approximate surface area is 200 Å². The van der Waals surface area contributed by atoms with Crippen molar-refractivity contribution in [3.8, 4) is 0 Å². The summed E-state index contributed by atoms with van der Waals surface area (Å²) in [4.78, 5) is 27.5. The maximum atomic E-state index is 13.9. The fraction of sp³-hybridized carbons (Fsp3) is 0.250. The predicted octanol–water partition coefficient (Wildman–Crippen LogP) is 4.87. The van der Waals surface area contributed by atoms with Crippen LogP contribution in [0.1, 0.15) is 43.9 Å². The molecule has 0 atom stereocenters. The lowest BCUT2D eigenvalue weighted by Gasteiger charge is -2.28. The molecule has 0 aromatic heterocycles. The highest BCUT2D eigenvalue weighted by Crippen LogP contribution is 2.36. The molecule has 0 aliphatic carbocycles. The van der Waals surface area contributed by atoms with Crippen molar-refractivity contribution < 1.29 is 9.59 Å². The summed E-state index contributed by atoms with van der Waals surface area (Å²) in [6, 6.07) is 26.4. The van der Waals surface area contributed by atoms with Crippen molar-refractivity contribution in [1.82, 2.24) is 10.2 Å². The Balaban J connectivity index is 1.56. The van der Waals surface area contributed by atoms with Gasteiger partial charge in [-0.25, -0.2) is 0 Å². The molecule has 1 saturated heterocycles. The molecule has 0 saturated carbocycles. The van der Waals surface area contributed by atoms with Crippen molar-refractivity contribution in [2.45, 2.75) is 39.3 Å². The molecule has 1 aliphatic heterocycles. The molecule has 6 heteroatoms. The quantitative estimate of drug-likeness (QED) is 0.497. The average molecular weight is 455 g/mol. The first-order valence-electron chi connectivity index (χ1n) is 11.4. The first-order valence-corrected chi connectivity index (χ1v) is 11.4. The number of anilines is 1. The topological polar surface area (TPSA) is 85.3 Å². The summed E-state index contributed by atoms with van der Waals surface area (Å²) < 4.78 is 0. The zero-order valence-corrected chi connectivity index (χ0v) is 19.8. The van der Waals surface area contributed by atoms with Crippen LogP contribution in [-0.4, -0.2) is 22.7 Å². The van der Waals surface area contributed by atoms with Gasteiger partial charge in [-0.1, -0.05) is 93.6 Å². The molecule has 6 nitrogen and oxygen atoms in total. The molecule has 3 aromatic carbocycles. The summed E-state index contributed by atoms with van der Waals surface area (Å²) in [6.07, 6.45) is 0.431. The highest BCUT2D eigenvalue weighted by molar-refractivity contribution is 6.10. The molecule has 1 aliphatic rings. The Bertz CT molecular complexity index is 1140. The highest BCUT2D eigenvalue weighted by Gasteiger charge is 2.52. The zero-order chi connectivity index (χ0) is 24.3. The smallest absolute Gasteiger partial charge is 0.264 e. The Morgan fingerprint density at radius 3 is 1.94 bits per heavy atom. The van der Waals surface area contributed by atoms with Crippen molar-refractivity contribution in [3.05, 3.63) is 102 Å². The van der Waals surface area contributed by atoms with Gasteiger partial charge >= 0.3 is 0 Å². The third-order valence-electron chi connectivity index (χ3n) is 5.82. The standard InChI is InChI=1S/C28H30N4O2/c1-27(2,3)18-24(33)30-23-16-14-20(15-17-23)19-32-25(34)28(31-26(32)29,21-10-6-4-7-11-21)22-12-8-5-9-13-22/h4-17H,18-19H2,1-3H3,(H2,29,31)(H,30,33). The first-order chi connectivity index (χ1) is 16.2. The minimum atomic E-state index is -1.15. The summed E-state index contributed by atoms with van der Waals surface area (Å²) in [6.45, 7) is 6.33. The van der Waals surface area contributed by atoms with E-state index in [1.54, 1.807) is 0 Å². The number of hydrogen-bond acceptors (Lipinski definition) is 3. The van der Waals surface area contributed by atoms with Crippen LogP contribution in [-0.2, 0) is 21.7 Å². The van der Waals surface area contributed by atoms with E-state index in [9.17, 15) is 9.59 Å². The summed E-state index contributed by atoms with van der Waals surface area (Å²) in [7, 11) is 0. The molecule has 2 amide bonds. The maximum Gasteiger partial charge on any atom is 0.264 e. The maximum absolute atomic E-state index is 13.9. The molecule has 0 radical (unpaired) electrons. The number of carbonyl (C=O) groups is 2. The molecule has 0 spiro atoms. The van der Waals surface area contributed by atoms with Crippen LogP contribution >= 0.6 is 0 Å². The molecule has 0 bridgehead atoms. The number of hydrogen-bond donors (Lipinski definition) is 3. The van der Waals surface area contributed by atoms with Crippen LogP contribution < -0.4 is 10.6 Å². The van der Waals surface area contributed by atoms with Crippen LogP contribution in [0.3, 0.4) is 0 Å². The lowest BCUT2D eigenvalue weighted by molar-refractivity contribution is -0.130. The molecule has 34 heavy (non-hydrogen) atoms. The minimum absolute atomic E-state index is 0.0311. The summed E-state index contributed by atoms with van der Waals surface area (Å²) >= 11 is 0. The molecule has 174 valence electrons. The number of nitrogens with zero attached hydrogens (tertiary/aromatic N) is 1. The average Bonchev–Trinajstić information content (AvgIpc) is 3.06. The number of guanidine groups is 1. The van der Waals surface area contributed by atoms with Gasteiger partial charge in [0.05, 0.1) is 6.54 Å². The van der Waals surface area contributed by atoms with Gasteiger partial charge in [0.1, 0.15) is 0 Å². The van der Waals surface area contributed by atoms with Crippen LogP contribution in [0.15, 0.2) is 84.9 Å². The van der Waals surface area contributed by atoms with Gasteiger partial charge in [0.15, 0.2) is 11.5 Å². The third-order valence-corrected chi connectivity index (χ3v) is 5.82. The summed E-state index contributed by atoms with van der Waals surface area (Å²) in [5.74, 6) is -0.172. The predicted molar refractivity (Wildman–Crippen MR) is 134 cm³/mol. The fourth-order valence-corrected chi connectivity index (χ4v) is 4.25. The minimum Gasteiger partial charge on any atom is -0.334 e. The van der Waals surface area contributed by atoms with Gasteiger partial charge < -0.3 is 10.6 Å². The number of amides is 2. The molecule has 1 fully saturated rings. The number of nitrogens with one attached hydrogen (secondary N) is 3. The van der Waals surface area contributed by atoms with Gasteiger partial charge in [-0.05, 0) is 34.2 Å². The van der Waals surface area contributed by atoms with Gasteiger partial charge in [-0.15, -0.1) is 0 Å². The largest absolute Gasteiger partial charge is 0.334 e. The normalized spacial score (nSPS) is 15.2. The van der Waals surface area contributed by atoms with E-state index in [2.05, 4.69) is 10.6 Å². The van der Waals surface area contributed by atoms with E-state index in [0.29, 0.717) is 12.1 Å². The second kappa shape index (κ2) is 9.14. The fourth-order valence-electron chi connectivity index (χ4n) is 4.25. The lowest BCUT2D eigenvalue weighted by atomic mass is 9.82. The number of benzene rings is 3. The Morgan fingerprint density at radius 1 is 0.912 bits per heavy atom. The lowest BCUT2D eigenvalue weighted by Crippen LogP contribution is -2.45. The second-order valence-electron chi connectivity index (χ2n) is 9.83. The van der Waals surface area contributed by atoms with Crippen molar-refractivity contribution in [3.63, 3.8) is 0 Å². The van der Waals surface area contributed by atoms with Gasteiger partial charge in [-0.3, -0.25) is 19.9 Å². The Morgan fingerprint density at radius 2 is 1.44 bits per heavy atom. The van der Waals surface area contributed by atoms with Crippen molar-refractivity contribution >= 4 is 23.5 Å². The van der Waals surface area contributed by atoms with Gasteiger partial charge in [0.25, 0.3) is 5.91 Å². The summed E-state index contributed by atoms with van der Waals surface area (Å²) in [5, 5.41) is 14.7. The van der Waals surface area contributed by atoms with Crippen molar-refractivity contribution in [2.75, 3.05) is 5.32 Å². The van der Waals surface area contributed by atoms with Gasteiger partial charge in [0.2, 0.25) is 5.91 Å². The molecule has 3 aromatic rings. The van der Waals surface area contributed by atoms with Crippen LogP contribution in [0.2, 0.25) is 0 Å². The molecule has 4 rings (SSSR count). The van der Waals surface area contributed by atoms with E-state index in [1.165, 1.54) is 4.90 Å². The Kier molecular flexibility index (Phi) is 6.24. The van der Waals surface area contributed by atoms with E-state index in [0.717, 1.165) is 16.7 Å². The van der Waals surface area contributed by atoms with Crippen LogP contribution in [0.5, 0.6) is 0 Å². The molecule has 3 N–H and O–H groups in total. The van der Waals surface area contributed by atoms with Crippen LogP contribution in [0.4, 0.5) is 5.69 Å². The molecule has 1 heterocycles.